The first-order valence-electron chi connectivity index (χ1n) is 4.34. The molecule has 0 radical (unpaired) electrons. The average molecular weight is 180 g/mol. The van der Waals surface area contributed by atoms with E-state index in [1.165, 1.54) is 18.3 Å². The Morgan fingerprint density at radius 3 is 1.62 bits per heavy atom. The first-order chi connectivity index (χ1) is 6.00. The van der Waals surface area contributed by atoms with Crippen LogP contribution in [-0.2, 0) is 4.74 Å². The van der Waals surface area contributed by atoms with Crippen LogP contribution in [0.4, 0.5) is 0 Å². The summed E-state index contributed by atoms with van der Waals surface area (Å²) in [4.78, 5) is 0. The molecule has 0 aromatic rings. The summed E-state index contributed by atoms with van der Waals surface area (Å²) in [5.41, 5.74) is 5.52. The summed E-state index contributed by atoms with van der Waals surface area (Å²) in [5.74, 6) is 0.0196. The van der Waals surface area contributed by atoms with Crippen molar-refractivity contribution in [2.45, 2.75) is 27.7 Å². The standard InChI is InChI=1S/C11H16O2/c1-6-7(2)9(4)10(8(6)3)11(12)13-5/h12H,1-5H3. The second-order valence-electron chi connectivity index (χ2n) is 3.38. The smallest absolute Gasteiger partial charge is 0.284 e. The van der Waals surface area contributed by atoms with Gasteiger partial charge in [-0.05, 0) is 50.0 Å². The van der Waals surface area contributed by atoms with Gasteiger partial charge in [-0.3, -0.25) is 0 Å². The summed E-state index contributed by atoms with van der Waals surface area (Å²) in [5, 5.41) is 9.52. The summed E-state index contributed by atoms with van der Waals surface area (Å²) in [6.07, 6.45) is 0. The Bertz CT molecular complexity index is 304. The summed E-state index contributed by atoms with van der Waals surface area (Å²) in [7, 11) is 1.48. The Balaban J connectivity index is 3.33. The number of allylic oxidation sites excluding steroid dienone is 5. The van der Waals surface area contributed by atoms with Crippen molar-refractivity contribution in [3.63, 3.8) is 0 Å². The highest BCUT2D eigenvalue weighted by Crippen LogP contribution is 2.37. The molecule has 0 bridgehead atoms. The number of hydrogen-bond acceptors (Lipinski definition) is 2. The fourth-order valence-corrected chi connectivity index (χ4v) is 1.64. The lowest BCUT2D eigenvalue weighted by atomic mass is 10.1. The third kappa shape index (κ3) is 1.37. The van der Waals surface area contributed by atoms with Gasteiger partial charge in [-0.1, -0.05) is 0 Å². The molecular formula is C11H16O2. The van der Waals surface area contributed by atoms with Gasteiger partial charge in [0.05, 0.1) is 12.7 Å². The third-order valence-corrected chi connectivity index (χ3v) is 2.84. The number of aliphatic hydroxyl groups is 1. The Labute approximate surface area is 79.2 Å². The van der Waals surface area contributed by atoms with Crippen molar-refractivity contribution in [2.75, 3.05) is 7.11 Å². The maximum absolute atomic E-state index is 9.52. The van der Waals surface area contributed by atoms with E-state index in [1.54, 1.807) is 0 Å². The predicted octanol–water partition coefficient (Wildman–Crippen LogP) is 3.09. The van der Waals surface area contributed by atoms with E-state index in [4.69, 9.17) is 4.74 Å². The molecule has 0 saturated heterocycles. The molecule has 0 aliphatic heterocycles. The van der Waals surface area contributed by atoms with Gasteiger partial charge < -0.3 is 9.84 Å². The van der Waals surface area contributed by atoms with Crippen LogP contribution in [0.5, 0.6) is 0 Å². The maximum Gasteiger partial charge on any atom is 0.284 e. The molecule has 1 N–H and O–H groups in total. The third-order valence-electron chi connectivity index (χ3n) is 2.84. The number of rotatable bonds is 1. The zero-order valence-corrected chi connectivity index (χ0v) is 8.86. The molecule has 0 unspecified atom stereocenters. The first kappa shape index (κ1) is 9.90. The summed E-state index contributed by atoms with van der Waals surface area (Å²) < 4.78 is 4.84. The molecule has 0 aromatic heterocycles. The lowest BCUT2D eigenvalue weighted by Gasteiger charge is -2.06. The van der Waals surface area contributed by atoms with Crippen LogP contribution < -0.4 is 0 Å². The zero-order chi connectivity index (χ0) is 10.2. The molecule has 72 valence electrons. The minimum Gasteiger partial charge on any atom is -0.481 e. The van der Waals surface area contributed by atoms with E-state index in [2.05, 4.69) is 13.8 Å². The molecule has 0 saturated carbocycles. The predicted molar refractivity (Wildman–Crippen MR) is 53.4 cm³/mol. The molecule has 0 spiro atoms. The molecule has 13 heavy (non-hydrogen) atoms. The van der Waals surface area contributed by atoms with Crippen LogP contribution in [0, 0.1) is 0 Å². The van der Waals surface area contributed by atoms with Gasteiger partial charge in [0, 0.05) is 0 Å². The van der Waals surface area contributed by atoms with Crippen LogP contribution in [0.2, 0.25) is 0 Å². The maximum atomic E-state index is 9.52. The number of methoxy groups -OCH3 is 1. The molecule has 2 heteroatoms. The Morgan fingerprint density at radius 2 is 1.31 bits per heavy atom. The van der Waals surface area contributed by atoms with Crippen LogP contribution in [0.1, 0.15) is 27.7 Å². The second kappa shape index (κ2) is 3.29. The van der Waals surface area contributed by atoms with E-state index in [1.807, 2.05) is 13.8 Å². The molecule has 2 nitrogen and oxygen atoms in total. The van der Waals surface area contributed by atoms with Crippen molar-refractivity contribution in [1.82, 2.24) is 0 Å². The van der Waals surface area contributed by atoms with Crippen LogP contribution >= 0.6 is 0 Å². The van der Waals surface area contributed by atoms with Gasteiger partial charge in [-0.2, -0.15) is 0 Å². The van der Waals surface area contributed by atoms with E-state index in [0.29, 0.717) is 0 Å². The van der Waals surface area contributed by atoms with Gasteiger partial charge in [0.25, 0.3) is 5.95 Å². The van der Waals surface area contributed by atoms with Crippen molar-refractivity contribution < 1.29 is 9.84 Å². The van der Waals surface area contributed by atoms with Crippen LogP contribution in [-0.4, -0.2) is 12.2 Å². The van der Waals surface area contributed by atoms with E-state index in [0.717, 1.165) is 16.7 Å². The Morgan fingerprint density at radius 1 is 0.923 bits per heavy atom. The normalized spacial score (nSPS) is 17.2. The van der Waals surface area contributed by atoms with Crippen LogP contribution in [0.25, 0.3) is 0 Å². The number of hydrogen-bond donors (Lipinski definition) is 1. The fraction of sp³-hybridized carbons (Fsp3) is 0.455. The molecule has 1 aliphatic rings. The van der Waals surface area contributed by atoms with Gasteiger partial charge in [0.1, 0.15) is 0 Å². The van der Waals surface area contributed by atoms with Gasteiger partial charge in [0.2, 0.25) is 0 Å². The molecule has 0 amide bonds. The molecular weight excluding hydrogens is 164 g/mol. The van der Waals surface area contributed by atoms with E-state index in [9.17, 15) is 5.11 Å². The molecule has 1 rings (SSSR count). The monoisotopic (exact) mass is 180 g/mol. The van der Waals surface area contributed by atoms with Crippen molar-refractivity contribution in [3.8, 4) is 0 Å². The van der Waals surface area contributed by atoms with Gasteiger partial charge in [-0.15, -0.1) is 0 Å². The van der Waals surface area contributed by atoms with Crippen LogP contribution in [0.3, 0.4) is 0 Å². The molecule has 1 aliphatic carbocycles. The largest absolute Gasteiger partial charge is 0.481 e. The van der Waals surface area contributed by atoms with Crippen molar-refractivity contribution in [2.24, 2.45) is 0 Å². The molecule has 0 fully saturated rings. The summed E-state index contributed by atoms with van der Waals surface area (Å²) in [6, 6.07) is 0. The minimum absolute atomic E-state index is 0.0196. The molecule has 0 heterocycles. The number of ether oxygens (including phenoxy) is 1. The summed E-state index contributed by atoms with van der Waals surface area (Å²) in [6.45, 7) is 8.12. The SMILES string of the molecule is COC(O)=C1C(C)=C(C)C(C)=C1C. The van der Waals surface area contributed by atoms with E-state index in [-0.39, 0.29) is 5.95 Å². The molecule has 0 atom stereocenters. The van der Waals surface area contributed by atoms with Crippen molar-refractivity contribution >= 4 is 0 Å². The van der Waals surface area contributed by atoms with Gasteiger partial charge in [0.15, 0.2) is 0 Å². The highest BCUT2D eigenvalue weighted by molar-refractivity contribution is 5.61. The Hall–Kier alpha value is -1.18. The van der Waals surface area contributed by atoms with Crippen molar-refractivity contribution in [3.05, 3.63) is 33.8 Å². The average Bonchev–Trinajstić information content (AvgIpc) is 2.30. The fourth-order valence-electron chi connectivity index (χ4n) is 1.64. The van der Waals surface area contributed by atoms with Gasteiger partial charge in [-0.25, -0.2) is 0 Å². The van der Waals surface area contributed by atoms with Crippen molar-refractivity contribution in [1.29, 1.82) is 0 Å². The highest BCUT2D eigenvalue weighted by Gasteiger charge is 2.22. The zero-order valence-electron chi connectivity index (χ0n) is 8.86. The van der Waals surface area contributed by atoms with Gasteiger partial charge >= 0.3 is 0 Å². The minimum atomic E-state index is 0.0196. The first-order valence-corrected chi connectivity index (χ1v) is 4.34. The van der Waals surface area contributed by atoms with Crippen LogP contribution in [0.15, 0.2) is 33.8 Å². The van der Waals surface area contributed by atoms with E-state index < -0.39 is 0 Å². The molecule has 0 aromatic carbocycles. The topological polar surface area (TPSA) is 29.5 Å². The lowest BCUT2D eigenvalue weighted by molar-refractivity contribution is 0.133. The number of aliphatic hydroxyl groups excluding tert-OH is 1. The quantitative estimate of drug-likeness (QED) is 0.628. The highest BCUT2D eigenvalue weighted by atomic mass is 16.6. The van der Waals surface area contributed by atoms with E-state index >= 15 is 0 Å². The second-order valence-corrected chi connectivity index (χ2v) is 3.38. The summed E-state index contributed by atoms with van der Waals surface area (Å²) >= 11 is 0. The Kier molecular flexibility index (Phi) is 2.50. The lowest BCUT2D eigenvalue weighted by Crippen LogP contribution is -1.94.